The first-order valence-corrected chi connectivity index (χ1v) is 7.61. The summed E-state index contributed by atoms with van der Waals surface area (Å²) in [6.07, 6.45) is -0.384. The summed E-state index contributed by atoms with van der Waals surface area (Å²) in [6.45, 7) is 7.15. The molecule has 0 aliphatic heterocycles. The number of benzene rings is 2. The van der Waals surface area contributed by atoms with Gasteiger partial charge in [0.2, 0.25) is 0 Å². The van der Waals surface area contributed by atoms with Gasteiger partial charge in [-0.2, -0.15) is 0 Å². The minimum Gasteiger partial charge on any atom is -0.392 e. The summed E-state index contributed by atoms with van der Waals surface area (Å²) in [4.78, 5) is 2.15. The maximum absolute atomic E-state index is 10.9. The molecule has 0 aromatic heterocycles. The molecule has 1 N–H and O–H groups in total. The number of rotatable bonds is 4. The Morgan fingerprint density at radius 2 is 1.62 bits per heavy atom. The first-order chi connectivity index (χ1) is 9.80. The van der Waals surface area contributed by atoms with Crippen LogP contribution in [0.1, 0.15) is 32.3 Å². The molecular weight excluding hydrogens is 258 g/mol. The molecule has 2 aromatic carbocycles. The molecular formula is C19H27NO. The van der Waals surface area contributed by atoms with Crippen molar-refractivity contribution >= 4 is 10.8 Å². The summed E-state index contributed by atoms with van der Waals surface area (Å²) in [6, 6.07) is 14.8. The van der Waals surface area contributed by atoms with E-state index >= 15 is 0 Å². The van der Waals surface area contributed by atoms with E-state index in [-0.39, 0.29) is 17.4 Å². The van der Waals surface area contributed by atoms with Gasteiger partial charge in [-0.1, -0.05) is 63.2 Å². The van der Waals surface area contributed by atoms with Gasteiger partial charge in [-0.3, -0.25) is 0 Å². The van der Waals surface area contributed by atoms with Gasteiger partial charge in [0.05, 0.1) is 6.10 Å². The van der Waals surface area contributed by atoms with Gasteiger partial charge in [0.15, 0.2) is 0 Å². The molecule has 0 saturated heterocycles. The first-order valence-electron chi connectivity index (χ1n) is 7.61. The highest BCUT2D eigenvalue weighted by Crippen LogP contribution is 2.35. The van der Waals surface area contributed by atoms with Crippen LogP contribution in [0.15, 0.2) is 42.5 Å². The molecule has 0 aliphatic rings. The predicted molar refractivity (Wildman–Crippen MR) is 90.7 cm³/mol. The van der Waals surface area contributed by atoms with Crippen LogP contribution in [-0.2, 0) is 0 Å². The maximum atomic E-state index is 10.9. The van der Waals surface area contributed by atoms with Gasteiger partial charge in [-0.25, -0.2) is 0 Å². The van der Waals surface area contributed by atoms with Crippen LogP contribution < -0.4 is 0 Å². The molecule has 0 spiro atoms. The molecule has 0 bridgehead atoms. The van der Waals surface area contributed by atoms with Crippen LogP contribution in [0.2, 0.25) is 0 Å². The van der Waals surface area contributed by atoms with E-state index in [1.807, 2.05) is 0 Å². The summed E-state index contributed by atoms with van der Waals surface area (Å²) in [5.74, 6) is 0.103. The Hall–Kier alpha value is -1.38. The Morgan fingerprint density at radius 3 is 2.24 bits per heavy atom. The van der Waals surface area contributed by atoms with Crippen molar-refractivity contribution < 1.29 is 5.11 Å². The first kappa shape index (κ1) is 16.0. The molecule has 0 amide bonds. The topological polar surface area (TPSA) is 23.5 Å². The molecule has 2 rings (SSSR count). The molecule has 2 heteroatoms. The van der Waals surface area contributed by atoms with E-state index in [2.05, 4.69) is 82.2 Å². The Morgan fingerprint density at radius 1 is 1.00 bits per heavy atom. The normalized spacial score (nSPS) is 15.4. The van der Waals surface area contributed by atoms with Crippen LogP contribution in [0.25, 0.3) is 10.8 Å². The van der Waals surface area contributed by atoms with Gasteiger partial charge >= 0.3 is 0 Å². The largest absolute Gasteiger partial charge is 0.392 e. The lowest BCUT2D eigenvalue weighted by Crippen LogP contribution is -2.37. The summed E-state index contributed by atoms with van der Waals surface area (Å²) < 4.78 is 0. The third-order valence-electron chi connectivity index (χ3n) is 4.05. The minimum atomic E-state index is -0.384. The number of nitrogens with zero attached hydrogens (tertiary/aromatic N) is 1. The van der Waals surface area contributed by atoms with E-state index in [0.717, 1.165) is 6.54 Å². The Labute approximate surface area is 128 Å². The van der Waals surface area contributed by atoms with E-state index in [4.69, 9.17) is 0 Å². The van der Waals surface area contributed by atoms with Gasteiger partial charge < -0.3 is 10.0 Å². The number of hydrogen-bond donors (Lipinski definition) is 1. The van der Waals surface area contributed by atoms with Crippen LogP contribution in [0.5, 0.6) is 0 Å². The monoisotopic (exact) mass is 285 g/mol. The van der Waals surface area contributed by atoms with E-state index in [1.165, 1.54) is 16.3 Å². The number of aliphatic hydroxyl groups excluding tert-OH is 1. The van der Waals surface area contributed by atoms with Crippen molar-refractivity contribution in [2.75, 3.05) is 20.6 Å². The molecule has 2 aromatic rings. The van der Waals surface area contributed by atoms with E-state index in [1.54, 1.807) is 0 Å². The molecule has 0 heterocycles. The van der Waals surface area contributed by atoms with Crippen LogP contribution >= 0.6 is 0 Å². The summed E-state index contributed by atoms with van der Waals surface area (Å²) >= 11 is 0. The average Bonchev–Trinajstić information content (AvgIpc) is 2.42. The lowest BCUT2D eigenvalue weighted by molar-refractivity contribution is 0.0315. The van der Waals surface area contributed by atoms with Crippen molar-refractivity contribution in [2.24, 2.45) is 5.41 Å². The fraction of sp³-hybridized carbons (Fsp3) is 0.474. The fourth-order valence-corrected chi connectivity index (χ4v) is 2.94. The number of likely N-dealkylation sites (N-methyl/N-ethyl adjacent to an activating group) is 1. The zero-order chi connectivity index (χ0) is 15.6. The van der Waals surface area contributed by atoms with Gasteiger partial charge in [0.1, 0.15) is 0 Å². The zero-order valence-corrected chi connectivity index (χ0v) is 13.8. The molecule has 2 unspecified atom stereocenters. The van der Waals surface area contributed by atoms with Crippen molar-refractivity contribution in [2.45, 2.75) is 32.8 Å². The summed E-state index contributed by atoms with van der Waals surface area (Å²) in [7, 11) is 4.13. The van der Waals surface area contributed by atoms with Gasteiger partial charge in [-0.05, 0) is 35.8 Å². The van der Waals surface area contributed by atoms with Crippen LogP contribution in [0.4, 0.5) is 0 Å². The van der Waals surface area contributed by atoms with Crippen molar-refractivity contribution in [3.63, 3.8) is 0 Å². The minimum absolute atomic E-state index is 0.103. The quantitative estimate of drug-likeness (QED) is 0.921. The third-order valence-corrected chi connectivity index (χ3v) is 4.05. The lowest BCUT2D eigenvalue weighted by Gasteiger charge is -2.35. The molecule has 0 fully saturated rings. The molecule has 114 valence electrons. The fourth-order valence-electron chi connectivity index (χ4n) is 2.94. The van der Waals surface area contributed by atoms with E-state index < -0.39 is 0 Å². The van der Waals surface area contributed by atoms with Gasteiger partial charge in [0, 0.05) is 12.5 Å². The van der Waals surface area contributed by atoms with Crippen LogP contribution in [-0.4, -0.2) is 36.8 Å². The van der Waals surface area contributed by atoms with Crippen molar-refractivity contribution in [3.8, 4) is 0 Å². The van der Waals surface area contributed by atoms with E-state index in [9.17, 15) is 5.11 Å². The SMILES string of the molecule is CN(C)CC(c1cccc2ccccc12)C(O)C(C)(C)C. The van der Waals surface area contributed by atoms with Crippen molar-refractivity contribution in [1.82, 2.24) is 4.90 Å². The zero-order valence-electron chi connectivity index (χ0n) is 13.8. The molecule has 2 atom stereocenters. The van der Waals surface area contributed by atoms with E-state index in [0.29, 0.717) is 0 Å². The highest BCUT2D eigenvalue weighted by molar-refractivity contribution is 5.86. The second-order valence-corrected chi connectivity index (χ2v) is 7.25. The molecule has 0 saturated carbocycles. The molecule has 21 heavy (non-hydrogen) atoms. The number of aliphatic hydroxyl groups is 1. The average molecular weight is 285 g/mol. The van der Waals surface area contributed by atoms with Crippen LogP contribution in [0.3, 0.4) is 0 Å². The lowest BCUT2D eigenvalue weighted by atomic mass is 9.77. The van der Waals surface area contributed by atoms with Crippen molar-refractivity contribution in [3.05, 3.63) is 48.0 Å². The molecule has 0 aliphatic carbocycles. The van der Waals surface area contributed by atoms with Gasteiger partial charge in [-0.15, -0.1) is 0 Å². The van der Waals surface area contributed by atoms with Gasteiger partial charge in [0.25, 0.3) is 0 Å². The Bertz CT molecular complexity index is 593. The molecule has 2 nitrogen and oxygen atoms in total. The molecule has 0 radical (unpaired) electrons. The number of fused-ring (bicyclic) bond motifs is 1. The second kappa shape index (κ2) is 6.17. The third kappa shape index (κ3) is 3.63. The Kier molecular flexibility index (Phi) is 4.70. The van der Waals surface area contributed by atoms with Crippen molar-refractivity contribution in [1.29, 1.82) is 0 Å². The second-order valence-electron chi connectivity index (χ2n) is 7.25. The van der Waals surface area contributed by atoms with Crippen LogP contribution in [0, 0.1) is 5.41 Å². The predicted octanol–water partition coefficient (Wildman–Crippen LogP) is 3.89. The Balaban J connectivity index is 2.53. The standard InChI is InChI=1S/C19H27NO/c1-19(2,3)18(21)17(13-20(4)5)16-12-8-10-14-9-6-7-11-15(14)16/h6-12,17-18,21H,13H2,1-5H3. The smallest absolute Gasteiger partial charge is 0.0669 e. The maximum Gasteiger partial charge on any atom is 0.0669 e. The summed E-state index contributed by atoms with van der Waals surface area (Å²) in [5.41, 5.74) is 1.10. The highest BCUT2D eigenvalue weighted by Gasteiger charge is 2.32. The highest BCUT2D eigenvalue weighted by atomic mass is 16.3. The summed E-state index contributed by atoms with van der Waals surface area (Å²) in [5, 5.41) is 13.4. The number of hydrogen-bond acceptors (Lipinski definition) is 2.